The maximum Gasteiger partial charge on any atom is 0.407 e. The van der Waals surface area contributed by atoms with Crippen LogP contribution in [0.25, 0.3) is 0 Å². The highest BCUT2D eigenvalue weighted by molar-refractivity contribution is 7.85. The first-order valence-electron chi connectivity index (χ1n) is 7.59. The van der Waals surface area contributed by atoms with Gasteiger partial charge in [-0.25, -0.2) is 9.59 Å². The Labute approximate surface area is 145 Å². The molecule has 2 atom stereocenters. The summed E-state index contributed by atoms with van der Waals surface area (Å²) in [6, 6.07) is 8.70. The Morgan fingerprint density at radius 1 is 1.32 bits per heavy atom. The van der Waals surface area contributed by atoms with Crippen LogP contribution in [0.1, 0.15) is 12.0 Å². The number of ether oxygens (including phenoxy) is 2. The summed E-state index contributed by atoms with van der Waals surface area (Å²) >= 11 is 0. The van der Waals surface area contributed by atoms with Crippen molar-refractivity contribution < 1.29 is 31.7 Å². The zero-order valence-corrected chi connectivity index (χ0v) is 14.5. The van der Waals surface area contributed by atoms with Crippen molar-refractivity contribution in [2.75, 3.05) is 19.4 Å². The molecule has 1 heterocycles. The third kappa shape index (κ3) is 6.98. The molecule has 2 amide bonds. The molecule has 1 saturated heterocycles. The monoisotopic (exact) mass is 372 g/mol. The fourth-order valence-corrected chi connectivity index (χ4v) is 2.62. The van der Waals surface area contributed by atoms with Crippen molar-refractivity contribution in [2.45, 2.75) is 25.2 Å². The Kier molecular flexibility index (Phi) is 6.59. The molecule has 0 radical (unpaired) electrons. The number of benzene rings is 1. The van der Waals surface area contributed by atoms with E-state index >= 15 is 0 Å². The molecule has 0 bridgehead atoms. The van der Waals surface area contributed by atoms with Crippen molar-refractivity contribution >= 4 is 22.3 Å². The van der Waals surface area contributed by atoms with E-state index in [4.69, 9.17) is 9.47 Å². The topological polar surface area (TPSA) is 120 Å². The number of hydrogen-bond donors (Lipinski definition) is 2. The number of cyclic esters (lactones) is 1. The van der Waals surface area contributed by atoms with E-state index < -0.39 is 34.5 Å². The quantitative estimate of drug-likeness (QED) is 0.646. The van der Waals surface area contributed by atoms with Crippen LogP contribution in [-0.4, -0.2) is 52.2 Å². The smallest absolute Gasteiger partial charge is 0.407 e. The summed E-state index contributed by atoms with van der Waals surface area (Å²) in [5, 5.41) is 5.08. The van der Waals surface area contributed by atoms with Gasteiger partial charge in [0.05, 0.1) is 18.9 Å². The maximum atomic E-state index is 11.7. The average molecular weight is 372 g/mol. The van der Waals surface area contributed by atoms with E-state index in [0.29, 0.717) is 0 Å². The predicted octanol–water partition coefficient (Wildman–Crippen LogP) is 0.756. The zero-order chi connectivity index (χ0) is 18.3. The third-order valence-corrected chi connectivity index (χ3v) is 3.98. The zero-order valence-electron chi connectivity index (χ0n) is 13.6. The van der Waals surface area contributed by atoms with E-state index in [0.717, 1.165) is 11.8 Å². The van der Waals surface area contributed by atoms with Gasteiger partial charge in [-0.05, 0) is 5.56 Å². The molecule has 0 spiro atoms. The molecular weight excluding hydrogens is 352 g/mol. The lowest BCUT2D eigenvalue weighted by molar-refractivity contribution is 0.112. The van der Waals surface area contributed by atoms with Crippen molar-refractivity contribution in [1.29, 1.82) is 0 Å². The number of hydrogen-bond acceptors (Lipinski definition) is 7. The summed E-state index contributed by atoms with van der Waals surface area (Å²) in [6.45, 7) is 0.0994. The number of carbonyl (C=O) groups excluding carboxylic acids is 2. The Balaban J connectivity index is 1.73. The summed E-state index contributed by atoms with van der Waals surface area (Å²) in [7, 11) is -3.56. The number of nitrogens with one attached hydrogen (secondary N) is 2. The minimum atomic E-state index is -3.56. The molecule has 1 aromatic carbocycles. The second-order valence-electron chi connectivity index (χ2n) is 5.45. The van der Waals surface area contributed by atoms with E-state index in [2.05, 4.69) is 14.8 Å². The minimum absolute atomic E-state index is 0.0862. The molecule has 2 rings (SSSR count). The number of alkyl carbamates (subject to hydrolysis) is 2. The molecule has 1 aromatic rings. The highest BCUT2D eigenvalue weighted by atomic mass is 32.2. The van der Waals surface area contributed by atoms with Gasteiger partial charge in [0.25, 0.3) is 10.1 Å². The van der Waals surface area contributed by atoms with Crippen molar-refractivity contribution in [3.05, 3.63) is 35.9 Å². The minimum Gasteiger partial charge on any atom is -0.445 e. The van der Waals surface area contributed by atoms with Gasteiger partial charge in [0.2, 0.25) is 0 Å². The van der Waals surface area contributed by atoms with Crippen molar-refractivity contribution in [1.82, 2.24) is 10.6 Å². The van der Waals surface area contributed by atoms with E-state index in [1.165, 1.54) is 0 Å². The lowest BCUT2D eigenvalue weighted by atomic mass is 10.1. The molecule has 2 unspecified atom stereocenters. The number of carbonyl (C=O) groups is 2. The van der Waals surface area contributed by atoms with E-state index in [1.807, 2.05) is 30.3 Å². The maximum absolute atomic E-state index is 11.7. The molecular formula is C15H20N2O7S. The van der Waals surface area contributed by atoms with Crippen LogP contribution in [0.5, 0.6) is 0 Å². The van der Waals surface area contributed by atoms with Crippen LogP contribution < -0.4 is 10.6 Å². The number of amides is 2. The van der Waals surface area contributed by atoms with Crippen LogP contribution in [-0.2, 0) is 30.4 Å². The first-order chi connectivity index (χ1) is 11.8. The van der Waals surface area contributed by atoms with Crippen LogP contribution in [0.4, 0.5) is 9.59 Å². The molecule has 0 saturated carbocycles. The van der Waals surface area contributed by atoms with Gasteiger partial charge in [-0.15, -0.1) is 0 Å². The molecule has 138 valence electrons. The van der Waals surface area contributed by atoms with Gasteiger partial charge < -0.3 is 20.1 Å². The fraction of sp³-hybridized carbons (Fsp3) is 0.467. The standard InChI is InChI=1S/C15H20N2O7S/c1-25(20,21)23-8-7-13-12(17-15(19)24-13)9-16-14(18)22-10-11-5-3-2-4-6-11/h2-6,12-13H,7-10H2,1H3,(H,16,18)(H,17,19). The lowest BCUT2D eigenvalue weighted by Crippen LogP contribution is -2.43. The van der Waals surface area contributed by atoms with Crippen LogP contribution in [0.3, 0.4) is 0 Å². The van der Waals surface area contributed by atoms with Crippen molar-refractivity contribution in [3.8, 4) is 0 Å². The highest BCUT2D eigenvalue weighted by Crippen LogP contribution is 2.13. The second-order valence-corrected chi connectivity index (χ2v) is 7.10. The van der Waals surface area contributed by atoms with Crippen LogP contribution in [0.2, 0.25) is 0 Å². The molecule has 25 heavy (non-hydrogen) atoms. The molecule has 0 aromatic heterocycles. The number of rotatable bonds is 8. The van der Waals surface area contributed by atoms with Gasteiger partial charge in [-0.1, -0.05) is 30.3 Å². The first kappa shape index (κ1) is 19.0. The summed E-state index contributed by atoms with van der Waals surface area (Å²) in [5.41, 5.74) is 0.853. The van der Waals surface area contributed by atoms with E-state index in [9.17, 15) is 18.0 Å². The van der Waals surface area contributed by atoms with Gasteiger partial charge in [0.15, 0.2) is 0 Å². The van der Waals surface area contributed by atoms with Gasteiger partial charge >= 0.3 is 12.2 Å². The first-order valence-corrected chi connectivity index (χ1v) is 9.41. The highest BCUT2D eigenvalue weighted by Gasteiger charge is 2.34. The van der Waals surface area contributed by atoms with E-state index in [-0.39, 0.29) is 26.2 Å². The van der Waals surface area contributed by atoms with Crippen molar-refractivity contribution in [2.24, 2.45) is 0 Å². The molecule has 10 heteroatoms. The molecule has 9 nitrogen and oxygen atoms in total. The van der Waals surface area contributed by atoms with Crippen LogP contribution in [0, 0.1) is 0 Å². The van der Waals surface area contributed by atoms with Crippen LogP contribution in [0.15, 0.2) is 30.3 Å². The summed E-state index contributed by atoms with van der Waals surface area (Å²) < 4.78 is 36.6. The van der Waals surface area contributed by atoms with Gasteiger partial charge in [0.1, 0.15) is 12.7 Å². The van der Waals surface area contributed by atoms with Gasteiger partial charge in [-0.3, -0.25) is 4.18 Å². The normalized spacial score (nSPS) is 19.8. The molecule has 0 aliphatic carbocycles. The second kappa shape index (κ2) is 8.67. The van der Waals surface area contributed by atoms with Crippen LogP contribution >= 0.6 is 0 Å². The summed E-state index contributed by atoms with van der Waals surface area (Å²) in [5.74, 6) is 0. The summed E-state index contributed by atoms with van der Waals surface area (Å²) in [4.78, 5) is 23.1. The van der Waals surface area contributed by atoms with Gasteiger partial charge in [0, 0.05) is 13.0 Å². The Bertz CT molecular complexity index is 693. The molecule has 1 aliphatic heterocycles. The third-order valence-electron chi connectivity index (χ3n) is 3.39. The molecule has 2 N–H and O–H groups in total. The fourth-order valence-electron chi connectivity index (χ4n) is 2.22. The average Bonchev–Trinajstić information content (AvgIpc) is 2.90. The predicted molar refractivity (Wildman–Crippen MR) is 87.2 cm³/mol. The van der Waals surface area contributed by atoms with Gasteiger partial charge in [-0.2, -0.15) is 8.42 Å². The largest absolute Gasteiger partial charge is 0.445 e. The summed E-state index contributed by atoms with van der Waals surface area (Å²) in [6.07, 6.45) is -0.751. The molecule has 1 fully saturated rings. The lowest BCUT2D eigenvalue weighted by Gasteiger charge is -2.17. The SMILES string of the molecule is CS(=O)(=O)OCCC1OC(=O)NC1CNC(=O)OCc1ccccc1. The Morgan fingerprint density at radius 3 is 2.72 bits per heavy atom. The van der Waals surface area contributed by atoms with E-state index in [1.54, 1.807) is 0 Å². The van der Waals surface area contributed by atoms with Crippen molar-refractivity contribution in [3.63, 3.8) is 0 Å². The molecule has 1 aliphatic rings. The Hall–Kier alpha value is -2.33. The Morgan fingerprint density at radius 2 is 2.04 bits per heavy atom.